The summed E-state index contributed by atoms with van der Waals surface area (Å²) in [5, 5.41) is 26.9. The Morgan fingerprint density at radius 2 is 1.03 bits per heavy atom. The van der Waals surface area contributed by atoms with Gasteiger partial charge in [0.15, 0.2) is 0 Å². The quantitative estimate of drug-likeness (QED) is 0.153. The molecule has 0 N–H and O–H groups in total. The predicted octanol–water partition coefficient (Wildman–Crippen LogP) is -2.93. The molecule has 6 aromatic rings. The number of benzene rings is 2. The average molecular weight is 616 g/mol. The van der Waals surface area contributed by atoms with Gasteiger partial charge >= 0.3 is 25.8 Å². The number of tetrazole rings is 2. The zero-order valence-electron chi connectivity index (χ0n) is 15.9. The standard InChI is InChI=1S/2C10H7N4.2ClH.Hf/c2*1-2-4-9-6-10(5-8(9)3-1)14-7-11-12-13-14;;;/h2*1-7H;2*1H;/q2*-1;;;+4/p-2. The van der Waals surface area contributed by atoms with E-state index in [4.69, 9.17) is 0 Å². The Labute approximate surface area is 208 Å². The SMILES string of the molecule is [Cl-].[Cl-].[Hf+4].c1ccc2[cH-]c(-n3cnnn3)cc2c1.c1ccc2[cH-]c(-n3cnnn3)cc2c1. The summed E-state index contributed by atoms with van der Waals surface area (Å²) in [6, 6.07) is 24.6. The molecular weight excluding hydrogens is 602 g/mol. The molecule has 0 aliphatic heterocycles. The van der Waals surface area contributed by atoms with Crippen LogP contribution in [0.5, 0.6) is 0 Å². The molecule has 0 amide bonds. The van der Waals surface area contributed by atoms with Crippen LogP contribution in [0.4, 0.5) is 0 Å². The number of halogens is 2. The van der Waals surface area contributed by atoms with E-state index in [1.807, 2.05) is 24.3 Å². The minimum Gasteiger partial charge on any atom is -1.00 e. The minimum atomic E-state index is 0. The van der Waals surface area contributed by atoms with Crippen LogP contribution in [0.25, 0.3) is 32.9 Å². The molecular formula is C20H14Cl2HfN8. The second kappa shape index (κ2) is 11.0. The summed E-state index contributed by atoms with van der Waals surface area (Å²) >= 11 is 0. The molecule has 0 atom stereocenters. The summed E-state index contributed by atoms with van der Waals surface area (Å²) in [5.74, 6) is 0. The molecule has 0 spiro atoms. The van der Waals surface area contributed by atoms with Crippen LogP contribution in [0.3, 0.4) is 0 Å². The van der Waals surface area contributed by atoms with Crippen LogP contribution in [0.15, 0.2) is 85.5 Å². The van der Waals surface area contributed by atoms with Crippen molar-refractivity contribution in [2.45, 2.75) is 0 Å². The molecule has 11 heteroatoms. The van der Waals surface area contributed by atoms with Crippen molar-refractivity contribution in [1.29, 1.82) is 0 Å². The number of rotatable bonds is 2. The average Bonchev–Trinajstić information content (AvgIpc) is 3.54. The second-order valence-corrected chi connectivity index (χ2v) is 6.19. The normalized spacial score (nSPS) is 9.81. The molecule has 31 heavy (non-hydrogen) atoms. The third-order valence-corrected chi connectivity index (χ3v) is 4.43. The number of nitrogens with zero attached hydrogens (tertiary/aromatic N) is 8. The van der Waals surface area contributed by atoms with Crippen molar-refractivity contribution in [3.63, 3.8) is 0 Å². The number of aromatic nitrogens is 8. The van der Waals surface area contributed by atoms with Crippen LogP contribution < -0.4 is 24.8 Å². The van der Waals surface area contributed by atoms with Crippen LogP contribution in [-0.4, -0.2) is 40.4 Å². The Balaban J connectivity index is 0.000000201. The number of hydrogen-bond acceptors (Lipinski definition) is 6. The predicted molar refractivity (Wildman–Crippen MR) is 105 cm³/mol. The maximum absolute atomic E-state index is 3.84. The largest absolute Gasteiger partial charge is 4.00 e. The molecule has 0 radical (unpaired) electrons. The summed E-state index contributed by atoms with van der Waals surface area (Å²) in [6.45, 7) is 0. The van der Waals surface area contributed by atoms with Gasteiger partial charge in [-0.25, -0.2) is 9.36 Å². The fraction of sp³-hybridized carbons (Fsp3) is 0. The Kier molecular flexibility index (Phi) is 8.73. The molecule has 152 valence electrons. The minimum absolute atomic E-state index is 0. The molecule has 0 saturated carbocycles. The van der Waals surface area contributed by atoms with Gasteiger partial charge in [-0.3, -0.25) is 0 Å². The Morgan fingerprint density at radius 3 is 1.39 bits per heavy atom. The molecule has 0 unspecified atom stereocenters. The smallest absolute Gasteiger partial charge is 1.00 e. The van der Waals surface area contributed by atoms with E-state index >= 15 is 0 Å². The summed E-state index contributed by atoms with van der Waals surface area (Å²) in [5.41, 5.74) is 1.99. The van der Waals surface area contributed by atoms with E-state index in [0.29, 0.717) is 0 Å². The molecule has 6 rings (SSSR count). The van der Waals surface area contributed by atoms with Gasteiger partial charge in [-0.2, -0.15) is 0 Å². The Morgan fingerprint density at radius 1 is 0.613 bits per heavy atom. The molecule has 0 saturated heterocycles. The third-order valence-electron chi connectivity index (χ3n) is 4.43. The summed E-state index contributed by atoms with van der Waals surface area (Å²) in [4.78, 5) is 0. The van der Waals surface area contributed by atoms with Gasteiger partial charge in [0.25, 0.3) is 0 Å². The maximum atomic E-state index is 3.84. The van der Waals surface area contributed by atoms with Gasteiger partial charge in [-0.05, 0) is 32.2 Å². The summed E-state index contributed by atoms with van der Waals surface area (Å²) in [7, 11) is 0. The van der Waals surface area contributed by atoms with E-state index in [1.54, 1.807) is 22.0 Å². The molecule has 2 heterocycles. The van der Waals surface area contributed by atoms with Gasteiger partial charge in [-0.1, -0.05) is 12.1 Å². The molecule has 2 aromatic heterocycles. The Hall–Kier alpha value is -2.75. The zero-order chi connectivity index (χ0) is 18.8. The topological polar surface area (TPSA) is 87.2 Å². The second-order valence-electron chi connectivity index (χ2n) is 6.19. The fourth-order valence-corrected chi connectivity index (χ4v) is 3.09. The monoisotopic (exact) mass is 616 g/mol. The number of fused-ring (bicyclic) bond motifs is 2. The Bertz CT molecular complexity index is 1160. The van der Waals surface area contributed by atoms with Crippen molar-refractivity contribution >= 4 is 21.5 Å². The van der Waals surface area contributed by atoms with Gasteiger partial charge in [0.1, 0.15) is 12.7 Å². The third kappa shape index (κ3) is 5.30. The van der Waals surface area contributed by atoms with E-state index in [-0.39, 0.29) is 50.7 Å². The van der Waals surface area contributed by atoms with Crippen molar-refractivity contribution in [3.05, 3.63) is 85.5 Å². The van der Waals surface area contributed by atoms with E-state index in [2.05, 4.69) is 79.6 Å². The molecule has 8 nitrogen and oxygen atoms in total. The van der Waals surface area contributed by atoms with Crippen molar-refractivity contribution in [3.8, 4) is 11.4 Å². The first-order chi connectivity index (χ1) is 13.9. The molecule has 0 aliphatic carbocycles. The van der Waals surface area contributed by atoms with Crippen LogP contribution >= 0.6 is 0 Å². The summed E-state index contributed by atoms with van der Waals surface area (Å²) < 4.78 is 3.31. The molecule has 0 fully saturated rings. The first kappa shape index (κ1) is 24.5. The van der Waals surface area contributed by atoms with Crippen molar-refractivity contribution in [2.24, 2.45) is 0 Å². The van der Waals surface area contributed by atoms with Crippen molar-refractivity contribution in [2.75, 3.05) is 0 Å². The van der Waals surface area contributed by atoms with Crippen LogP contribution in [-0.2, 0) is 25.8 Å². The van der Waals surface area contributed by atoms with E-state index in [1.165, 1.54) is 21.5 Å². The van der Waals surface area contributed by atoms with E-state index in [9.17, 15) is 0 Å². The van der Waals surface area contributed by atoms with Crippen molar-refractivity contribution < 1.29 is 50.7 Å². The maximum Gasteiger partial charge on any atom is 4.00 e. The van der Waals surface area contributed by atoms with Gasteiger partial charge in [0.05, 0.1) is 0 Å². The first-order valence-corrected chi connectivity index (χ1v) is 8.64. The van der Waals surface area contributed by atoms with Gasteiger partial charge in [-0.15, -0.1) is 92.4 Å². The van der Waals surface area contributed by atoms with Crippen LogP contribution in [0.1, 0.15) is 0 Å². The molecule has 0 aliphatic rings. The zero-order valence-corrected chi connectivity index (χ0v) is 21.0. The van der Waals surface area contributed by atoms with Gasteiger partial charge in [0.2, 0.25) is 0 Å². The summed E-state index contributed by atoms with van der Waals surface area (Å²) in [6.07, 6.45) is 3.18. The van der Waals surface area contributed by atoms with Crippen molar-refractivity contribution in [1.82, 2.24) is 40.4 Å². The number of hydrogen-bond donors (Lipinski definition) is 0. The van der Waals surface area contributed by atoms with Crippen LogP contribution in [0.2, 0.25) is 0 Å². The molecule has 0 bridgehead atoms. The van der Waals surface area contributed by atoms with Gasteiger partial charge < -0.3 is 24.8 Å². The first-order valence-electron chi connectivity index (χ1n) is 8.64. The van der Waals surface area contributed by atoms with Crippen LogP contribution in [0, 0.1) is 0 Å². The van der Waals surface area contributed by atoms with Gasteiger partial charge in [0, 0.05) is 0 Å². The fourth-order valence-electron chi connectivity index (χ4n) is 3.09. The molecule has 4 aromatic carbocycles. The van der Waals surface area contributed by atoms with E-state index in [0.717, 1.165) is 11.4 Å². The van der Waals surface area contributed by atoms with E-state index < -0.39 is 0 Å².